The summed E-state index contributed by atoms with van der Waals surface area (Å²) in [6.45, 7) is 4.28. The highest BCUT2D eigenvalue weighted by atomic mass is 15.2. The second kappa shape index (κ2) is 3.81. The first-order chi connectivity index (χ1) is 8.24. The Morgan fingerprint density at radius 1 is 0.941 bits per heavy atom. The summed E-state index contributed by atoms with van der Waals surface area (Å²) in [6.07, 6.45) is 0.315. The highest BCUT2D eigenvalue weighted by Crippen LogP contribution is 2.36. The Hall–Kier alpha value is -1.96. The summed E-state index contributed by atoms with van der Waals surface area (Å²) < 4.78 is 0. The zero-order valence-corrected chi connectivity index (χ0v) is 10.1. The van der Waals surface area contributed by atoms with Crippen molar-refractivity contribution in [2.75, 3.05) is 10.6 Å². The van der Waals surface area contributed by atoms with Crippen LogP contribution in [0.25, 0.3) is 11.1 Å². The van der Waals surface area contributed by atoms with Crippen molar-refractivity contribution >= 4 is 11.4 Å². The molecule has 2 N–H and O–H groups in total. The predicted molar refractivity (Wildman–Crippen MR) is 73.3 cm³/mol. The molecule has 0 aromatic heterocycles. The fourth-order valence-corrected chi connectivity index (χ4v) is 2.38. The van der Waals surface area contributed by atoms with E-state index in [1.54, 1.807) is 0 Å². The van der Waals surface area contributed by atoms with Gasteiger partial charge in [0.15, 0.2) is 0 Å². The maximum atomic E-state index is 3.44. The molecule has 1 atom stereocenters. The van der Waals surface area contributed by atoms with E-state index in [1.165, 1.54) is 28.1 Å². The van der Waals surface area contributed by atoms with Crippen LogP contribution in [0.1, 0.15) is 12.5 Å². The first-order valence-electron chi connectivity index (χ1n) is 5.97. The Bertz CT molecular complexity index is 546. The lowest BCUT2D eigenvalue weighted by Crippen LogP contribution is -2.16. The quantitative estimate of drug-likeness (QED) is 0.769. The highest BCUT2D eigenvalue weighted by Gasteiger charge is 2.18. The number of benzene rings is 2. The molecule has 0 saturated heterocycles. The van der Waals surface area contributed by atoms with Gasteiger partial charge in [-0.25, -0.2) is 0 Å². The molecule has 0 radical (unpaired) electrons. The molecular formula is C15H16N2. The third kappa shape index (κ3) is 1.76. The number of nitrogens with one attached hydrogen (secondary N) is 2. The Morgan fingerprint density at radius 2 is 1.71 bits per heavy atom. The summed E-state index contributed by atoms with van der Waals surface area (Å²) >= 11 is 0. The largest absolute Gasteiger partial charge is 0.364 e. The van der Waals surface area contributed by atoms with Gasteiger partial charge in [0.2, 0.25) is 0 Å². The molecule has 17 heavy (non-hydrogen) atoms. The van der Waals surface area contributed by atoms with E-state index in [0.717, 1.165) is 0 Å². The van der Waals surface area contributed by atoms with Crippen molar-refractivity contribution in [2.24, 2.45) is 0 Å². The maximum absolute atomic E-state index is 3.44. The number of anilines is 2. The van der Waals surface area contributed by atoms with Crippen LogP contribution in [0.15, 0.2) is 42.5 Å². The molecule has 1 aliphatic rings. The summed E-state index contributed by atoms with van der Waals surface area (Å²) in [4.78, 5) is 0. The molecule has 1 aliphatic heterocycles. The molecule has 3 rings (SSSR count). The second-order valence-electron chi connectivity index (χ2n) is 4.59. The molecule has 1 unspecified atom stereocenters. The molecule has 0 aliphatic carbocycles. The standard InChI is InChI=1S/C15H16N2/c1-10-8-13(12-6-4-3-5-7-12)9-14-15(10)17-11(2)16-14/h3-9,11,16-17H,1-2H3. The predicted octanol–water partition coefficient (Wildman–Crippen LogP) is 3.85. The van der Waals surface area contributed by atoms with Gasteiger partial charge < -0.3 is 10.6 Å². The molecule has 1 heterocycles. The fourth-order valence-electron chi connectivity index (χ4n) is 2.38. The minimum absolute atomic E-state index is 0.315. The van der Waals surface area contributed by atoms with Crippen molar-refractivity contribution in [3.63, 3.8) is 0 Å². The van der Waals surface area contributed by atoms with Gasteiger partial charge in [0, 0.05) is 0 Å². The van der Waals surface area contributed by atoms with E-state index >= 15 is 0 Å². The van der Waals surface area contributed by atoms with Gasteiger partial charge in [0.1, 0.15) is 0 Å². The molecule has 2 aromatic rings. The van der Waals surface area contributed by atoms with Crippen LogP contribution in [0.4, 0.5) is 11.4 Å². The van der Waals surface area contributed by atoms with Crippen LogP contribution in [-0.4, -0.2) is 6.17 Å². The van der Waals surface area contributed by atoms with Crippen molar-refractivity contribution in [3.8, 4) is 11.1 Å². The van der Waals surface area contributed by atoms with Crippen LogP contribution in [0.3, 0.4) is 0 Å². The Morgan fingerprint density at radius 3 is 2.47 bits per heavy atom. The van der Waals surface area contributed by atoms with E-state index in [9.17, 15) is 0 Å². The minimum atomic E-state index is 0.315. The van der Waals surface area contributed by atoms with Gasteiger partial charge in [-0.2, -0.15) is 0 Å². The topological polar surface area (TPSA) is 24.1 Å². The Kier molecular flexibility index (Phi) is 2.29. The molecule has 2 heteroatoms. The highest BCUT2D eigenvalue weighted by molar-refractivity contribution is 5.83. The number of hydrogen-bond acceptors (Lipinski definition) is 2. The van der Waals surface area contributed by atoms with Gasteiger partial charge in [0.05, 0.1) is 17.5 Å². The molecule has 0 amide bonds. The SMILES string of the molecule is Cc1cc(-c2ccccc2)cc2c1NC(C)N2. The average Bonchev–Trinajstić information content (AvgIpc) is 2.71. The van der Waals surface area contributed by atoms with Crippen LogP contribution in [0.2, 0.25) is 0 Å². The lowest BCUT2D eigenvalue weighted by molar-refractivity contribution is 0.955. The normalized spacial score (nSPS) is 17.2. The lowest BCUT2D eigenvalue weighted by atomic mass is 10.0. The van der Waals surface area contributed by atoms with Crippen molar-refractivity contribution < 1.29 is 0 Å². The van der Waals surface area contributed by atoms with Crippen molar-refractivity contribution in [3.05, 3.63) is 48.0 Å². The smallest absolute Gasteiger partial charge is 0.0935 e. The fraction of sp³-hybridized carbons (Fsp3) is 0.200. The van der Waals surface area contributed by atoms with Crippen molar-refractivity contribution in [1.29, 1.82) is 0 Å². The third-order valence-corrected chi connectivity index (χ3v) is 3.18. The van der Waals surface area contributed by atoms with Crippen LogP contribution >= 0.6 is 0 Å². The van der Waals surface area contributed by atoms with E-state index in [2.05, 4.69) is 60.9 Å². The van der Waals surface area contributed by atoms with Gasteiger partial charge >= 0.3 is 0 Å². The monoisotopic (exact) mass is 224 g/mol. The first-order valence-corrected chi connectivity index (χ1v) is 5.97. The van der Waals surface area contributed by atoms with Gasteiger partial charge in [-0.05, 0) is 42.7 Å². The van der Waals surface area contributed by atoms with Gasteiger partial charge in [-0.15, -0.1) is 0 Å². The zero-order chi connectivity index (χ0) is 11.8. The van der Waals surface area contributed by atoms with E-state index in [1.807, 2.05) is 6.07 Å². The summed E-state index contributed by atoms with van der Waals surface area (Å²) in [6, 6.07) is 14.9. The summed E-state index contributed by atoms with van der Waals surface area (Å²) in [5, 5.41) is 6.87. The molecular weight excluding hydrogens is 208 g/mol. The maximum Gasteiger partial charge on any atom is 0.0935 e. The van der Waals surface area contributed by atoms with Crippen LogP contribution < -0.4 is 10.6 Å². The first kappa shape index (κ1) is 10.2. The number of aryl methyl sites for hydroxylation is 1. The lowest BCUT2D eigenvalue weighted by Gasteiger charge is -2.08. The molecule has 0 saturated carbocycles. The summed E-state index contributed by atoms with van der Waals surface area (Å²) in [5.74, 6) is 0. The summed E-state index contributed by atoms with van der Waals surface area (Å²) in [7, 11) is 0. The van der Waals surface area contributed by atoms with Crippen LogP contribution in [0.5, 0.6) is 0 Å². The molecule has 0 spiro atoms. The molecule has 0 bridgehead atoms. The number of rotatable bonds is 1. The number of fused-ring (bicyclic) bond motifs is 1. The van der Waals surface area contributed by atoms with Crippen LogP contribution in [-0.2, 0) is 0 Å². The second-order valence-corrected chi connectivity index (χ2v) is 4.59. The van der Waals surface area contributed by atoms with Crippen LogP contribution in [0, 0.1) is 6.92 Å². The van der Waals surface area contributed by atoms with Gasteiger partial charge in [0.25, 0.3) is 0 Å². The van der Waals surface area contributed by atoms with Gasteiger partial charge in [-0.3, -0.25) is 0 Å². The Balaban J connectivity index is 2.10. The number of hydrogen-bond donors (Lipinski definition) is 2. The summed E-state index contributed by atoms with van der Waals surface area (Å²) in [5.41, 5.74) is 6.26. The van der Waals surface area contributed by atoms with Gasteiger partial charge in [-0.1, -0.05) is 30.3 Å². The third-order valence-electron chi connectivity index (χ3n) is 3.18. The van der Waals surface area contributed by atoms with E-state index < -0.39 is 0 Å². The molecule has 0 fully saturated rings. The minimum Gasteiger partial charge on any atom is -0.364 e. The van der Waals surface area contributed by atoms with Crippen molar-refractivity contribution in [2.45, 2.75) is 20.0 Å². The van der Waals surface area contributed by atoms with E-state index in [-0.39, 0.29) is 0 Å². The van der Waals surface area contributed by atoms with E-state index in [4.69, 9.17) is 0 Å². The molecule has 86 valence electrons. The van der Waals surface area contributed by atoms with Crippen molar-refractivity contribution in [1.82, 2.24) is 0 Å². The van der Waals surface area contributed by atoms with E-state index in [0.29, 0.717) is 6.17 Å². The molecule has 2 nitrogen and oxygen atoms in total. The average molecular weight is 224 g/mol. The zero-order valence-electron chi connectivity index (χ0n) is 10.1. The molecule has 2 aromatic carbocycles. The Labute approximate surface area is 102 Å².